The molecule has 0 fully saturated rings. The molecule has 0 bridgehead atoms. The topological polar surface area (TPSA) is 96.0 Å². The van der Waals surface area contributed by atoms with Crippen molar-refractivity contribution in [2.24, 2.45) is 0 Å². The molecular formula is C31H38ClN3O5S. The first-order chi connectivity index (χ1) is 19.2. The average Bonchev–Trinajstić information content (AvgIpc) is 2.90. The number of carbonyl (C=O) groups excluding carboxylic acids is 2. The van der Waals surface area contributed by atoms with Crippen molar-refractivity contribution < 1.29 is 22.7 Å². The van der Waals surface area contributed by atoms with E-state index in [0.717, 1.165) is 9.87 Å². The van der Waals surface area contributed by atoms with Gasteiger partial charge < -0.3 is 15.0 Å². The van der Waals surface area contributed by atoms with Crippen molar-refractivity contribution in [2.75, 3.05) is 17.5 Å². The lowest BCUT2D eigenvalue weighted by atomic mass is 10.1. The number of nitrogens with one attached hydrogen (secondary N) is 1. The molecule has 2 amide bonds. The zero-order valence-corrected chi connectivity index (χ0v) is 25.9. The third-order valence-electron chi connectivity index (χ3n) is 6.29. The summed E-state index contributed by atoms with van der Waals surface area (Å²) in [6.45, 7) is 10.8. The number of halogens is 1. The van der Waals surface area contributed by atoms with Crippen molar-refractivity contribution in [1.82, 2.24) is 10.2 Å². The molecule has 0 aliphatic heterocycles. The first-order valence-electron chi connectivity index (χ1n) is 13.4. The maximum Gasteiger partial charge on any atom is 0.264 e. The SMILES string of the molecule is CCOc1ccc(N(CC(=O)N(Cc2ccccc2Cl)[C@H](C)C(=O)NC(C)(C)C)S(=O)(=O)c2ccc(C)cc2)cc1. The van der Waals surface area contributed by atoms with E-state index in [1.54, 1.807) is 67.6 Å². The Balaban J connectivity index is 2.05. The highest BCUT2D eigenvalue weighted by Gasteiger charge is 2.33. The summed E-state index contributed by atoms with van der Waals surface area (Å²) in [6, 6.07) is 19.0. The fourth-order valence-corrected chi connectivity index (χ4v) is 5.72. The molecule has 0 radical (unpaired) electrons. The van der Waals surface area contributed by atoms with Crippen molar-refractivity contribution in [3.63, 3.8) is 0 Å². The Hall–Kier alpha value is -3.56. The molecule has 41 heavy (non-hydrogen) atoms. The molecule has 0 saturated heterocycles. The van der Waals surface area contributed by atoms with Crippen LogP contribution >= 0.6 is 11.6 Å². The highest BCUT2D eigenvalue weighted by atomic mass is 35.5. The van der Waals surface area contributed by atoms with Gasteiger partial charge in [0.25, 0.3) is 10.0 Å². The predicted molar refractivity (Wildman–Crippen MR) is 163 cm³/mol. The number of anilines is 1. The number of aryl methyl sites for hydroxylation is 1. The number of nitrogens with zero attached hydrogens (tertiary/aromatic N) is 2. The summed E-state index contributed by atoms with van der Waals surface area (Å²) in [5.74, 6) is -0.360. The summed E-state index contributed by atoms with van der Waals surface area (Å²) < 4.78 is 34.5. The van der Waals surface area contributed by atoms with Gasteiger partial charge in [-0.1, -0.05) is 47.5 Å². The summed E-state index contributed by atoms with van der Waals surface area (Å²) in [5.41, 5.74) is 1.28. The van der Waals surface area contributed by atoms with E-state index in [2.05, 4.69) is 5.32 Å². The number of rotatable bonds is 11. The number of amides is 2. The van der Waals surface area contributed by atoms with Crippen molar-refractivity contribution in [3.8, 4) is 5.75 Å². The quantitative estimate of drug-likeness (QED) is 0.311. The summed E-state index contributed by atoms with van der Waals surface area (Å²) in [6.07, 6.45) is 0. The second-order valence-corrected chi connectivity index (χ2v) is 13.0. The second-order valence-electron chi connectivity index (χ2n) is 10.8. The first kappa shape index (κ1) is 32.0. The molecule has 1 atom stereocenters. The third-order valence-corrected chi connectivity index (χ3v) is 8.44. The van der Waals surface area contributed by atoms with Crippen LogP contribution in [-0.2, 0) is 26.2 Å². The van der Waals surface area contributed by atoms with Gasteiger partial charge in [-0.2, -0.15) is 0 Å². The van der Waals surface area contributed by atoms with Crippen LogP contribution in [0.1, 0.15) is 45.7 Å². The standard InChI is InChI=1S/C31H38ClN3O5S/c1-7-40-26-16-14-25(15-17-26)35(41(38,39)27-18-12-22(2)13-19-27)21-29(36)34(20-24-10-8-9-11-28(24)32)23(3)30(37)33-31(4,5)6/h8-19,23H,7,20-21H2,1-6H3,(H,33,37)/t23-/m1/s1. The lowest BCUT2D eigenvalue weighted by Crippen LogP contribution is -2.54. The summed E-state index contributed by atoms with van der Waals surface area (Å²) in [4.78, 5) is 28.6. The van der Waals surface area contributed by atoms with Gasteiger partial charge in [-0.05, 0) is 89.6 Å². The smallest absolute Gasteiger partial charge is 0.264 e. The van der Waals surface area contributed by atoms with E-state index in [-0.39, 0.29) is 23.0 Å². The molecule has 1 N–H and O–H groups in total. The Labute approximate surface area is 248 Å². The van der Waals surface area contributed by atoms with Crippen molar-refractivity contribution in [1.29, 1.82) is 0 Å². The predicted octanol–water partition coefficient (Wildman–Crippen LogP) is 5.57. The number of carbonyl (C=O) groups is 2. The lowest BCUT2D eigenvalue weighted by molar-refractivity contribution is -0.140. The average molecular weight is 600 g/mol. The van der Waals surface area contributed by atoms with E-state index in [4.69, 9.17) is 16.3 Å². The molecule has 3 aromatic rings. The van der Waals surface area contributed by atoms with Crippen LogP contribution in [0.3, 0.4) is 0 Å². The van der Waals surface area contributed by atoms with E-state index in [1.165, 1.54) is 17.0 Å². The molecule has 0 aliphatic rings. The van der Waals surface area contributed by atoms with E-state index >= 15 is 0 Å². The van der Waals surface area contributed by atoms with Crippen LogP contribution in [0.5, 0.6) is 5.75 Å². The number of ether oxygens (including phenoxy) is 1. The Kier molecular flexibility index (Phi) is 10.4. The van der Waals surface area contributed by atoms with Crippen LogP contribution in [0.15, 0.2) is 77.7 Å². The minimum Gasteiger partial charge on any atom is -0.494 e. The van der Waals surface area contributed by atoms with Crippen molar-refractivity contribution in [2.45, 2.75) is 64.6 Å². The van der Waals surface area contributed by atoms with Gasteiger partial charge in [0.15, 0.2) is 0 Å². The van der Waals surface area contributed by atoms with Crippen LogP contribution in [-0.4, -0.2) is 49.9 Å². The number of hydrogen-bond acceptors (Lipinski definition) is 5. The van der Waals surface area contributed by atoms with Crippen LogP contribution in [0, 0.1) is 6.92 Å². The molecule has 10 heteroatoms. The van der Waals surface area contributed by atoms with Crippen molar-refractivity contribution in [3.05, 3.63) is 88.9 Å². The van der Waals surface area contributed by atoms with E-state index in [0.29, 0.717) is 22.9 Å². The van der Waals surface area contributed by atoms with Gasteiger partial charge >= 0.3 is 0 Å². The number of sulfonamides is 1. The third kappa shape index (κ3) is 8.47. The molecule has 0 unspecified atom stereocenters. The first-order valence-corrected chi connectivity index (χ1v) is 15.2. The zero-order chi connectivity index (χ0) is 30.4. The van der Waals surface area contributed by atoms with E-state index in [9.17, 15) is 18.0 Å². The molecule has 0 heterocycles. The Bertz CT molecular complexity index is 1450. The summed E-state index contributed by atoms with van der Waals surface area (Å²) >= 11 is 6.41. The molecule has 0 aromatic heterocycles. The fourth-order valence-electron chi connectivity index (χ4n) is 4.11. The van der Waals surface area contributed by atoms with Gasteiger partial charge in [-0.25, -0.2) is 8.42 Å². The molecule has 0 saturated carbocycles. The minimum atomic E-state index is -4.16. The molecule has 3 aromatic carbocycles. The highest BCUT2D eigenvalue weighted by molar-refractivity contribution is 7.92. The molecule has 0 spiro atoms. The number of benzene rings is 3. The molecule has 0 aliphatic carbocycles. The molecule has 8 nitrogen and oxygen atoms in total. The highest BCUT2D eigenvalue weighted by Crippen LogP contribution is 2.27. The largest absolute Gasteiger partial charge is 0.494 e. The second kappa shape index (κ2) is 13.4. The van der Waals surface area contributed by atoms with Crippen LogP contribution < -0.4 is 14.4 Å². The minimum absolute atomic E-state index is 0.0128. The Morgan fingerprint density at radius 2 is 1.59 bits per heavy atom. The van der Waals surface area contributed by atoms with Gasteiger partial charge in [-0.3, -0.25) is 13.9 Å². The summed E-state index contributed by atoms with van der Waals surface area (Å²) in [5, 5.41) is 3.34. The fraction of sp³-hybridized carbons (Fsp3) is 0.355. The van der Waals surface area contributed by atoms with Crippen molar-refractivity contribution >= 4 is 39.1 Å². The van der Waals surface area contributed by atoms with E-state index < -0.39 is 34.1 Å². The number of hydrogen-bond donors (Lipinski definition) is 1. The van der Waals surface area contributed by atoms with Gasteiger partial charge in [-0.15, -0.1) is 0 Å². The molecular weight excluding hydrogens is 562 g/mol. The Morgan fingerprint density at radius 3 is 2.15 bits per heavy atom. The van der Waals surface area contributed by atoms with Gasteiger partial charge in [0.2, 0.25) is 11.8 Å². The molecule has 3 rings (SSSR count). The van der Waals surface area contributed by atoms with Gasteiger partial charge in [0.05, 0.1) is 17.2 Å². The lowest BCUT2D eigenvalue weighted by Gasteiger charge is -2.33. The maximum atomic E-state index is 14.0. The normalized spacial score (nSPS) is 12.4. The van der Waals surface area contributed by atoms with Gasteiger partial charge in [0.1, 0.15) is 18.3 Å². The van der Waals surface area contributed by atoms with Crippen LogP contribution in [0.2, 0.25) is 5.02 Å². The summed E-state index contributed by atoms with van der Waals surface area (Å²) in [7, 11) is -4.16. The Morgan fingerprint density at radius 1 is 0.976 bits per heavy atom. The monoisotopic (exact) mass is 599 g/mol. The van der Waals surface area contributed by atoms with Crippen LogP contribution in [0.25, 0.3) is 0 Å². The van der Waals surface area contributed by atoms with Gasteiger partial charge in [0, 0.05) is 17.1 Å². The van der Waals surface area contributed by atoms with E-state index in [1.807, 2.05) is 34.6 Å². The zero-order valence-electron chi connectivity index (χ0n) is 24.3. The maximum absolute atomic E-state index is 14.0. The molecule has 220 valence electrons. The van der Waals surface area contributed by atoms with Crippen LogP contribution in [0.4, 0.5) is 5.69 Å².